The van der Waals surface area contributed by atoms with Gasteiger partial charge in [0.2, 0.25) is 5.89 Å². The van der Waals surface area contributed by atoms with Crippen molar-refractivity contribution in [3.8, 4) is 11.5 Å². The van der Waals surface area contributed by atoms with E-state index in [4.69, 9.17) is 4.42 Å². The molecule has 0 bridgehead atoms. The Kier molecular flexibility index (Phi) is 2.75. The van der Waals surface area contributed by atoms with E-state index in [2.05, 4.69) is 4.98 Å². The molecule has 0 atom stereocenters. The summed E-state index contributed by atoms with van der Waals surface area (Å²) in [5.41, 5.74) is 2.66. The molecule has 0 unspecified atom stereocenters. The first kappa shape index (κ1) is 12.1. The smallest absolute Gasteiger partial charge is 0.348 e. The number of nitrogens with zero attached hydrogens (tertiary/aromatic N) is 1. The molecule has 0 fully saturated rings. The number of hydrogen-bond donors (Lipinski definition) is 0. The topological polar surface area (TPSA) is 43.1 Å². The van der Waals surface area contributed by atoms with Gasteiger partial charge in [-0.25, -0.2) is 9.78 Å². The normalized spacial score (nSPS) is 11.1. The van der Waals surface area contributed by atoms with Gasteiger partial charge in [-0.3, -0.25) is 0 Å². The monoisotopic (exact) mass is 271 g/mol. The number of hydrogen-bond acceptors (Lipinski definition) is 4. The molecule has 0 saturated heterocycles. The van der Waals surface area contributed by atoms with E-state index >= 15 is 0 Å². The van der Waals surface area contributed by atoms with E-state index in [-0.39, 0.29) is 5.63 Å². The number of aromatic nitrogens is 1. The van der Waals surface area contributed by atoms with Gasteiger partial charge in [-0.15, -0.1) is 11.3 Å². The molecule has 2 aromatic heterocycles. The highest BCUT2D eigenvalue weighted by molar-refractivity contribution is 7.18. The number of aryl methyl sites for hydroxylation is 3. The zero-order valence-corrected chi connectivity index (χ0v) is 11.8. The second-order valence-electron chi connectivity index (χ2n) is 4.64. The van der Waals surface area contributed by atoms with Crippen molar-refractivity contribution in [3.05, 3.63) is 50.7 Å². The van der Waals surface area contributed by atoms with Crippen LogP contribution in [0.2, 0.25) is 0 Å². The SMILES string of the molecule is Cc1ccc(-c2nc3sc(C)c(C)c3c(=O)o2)cc1. The van der Waals surface area contributed by atoms with Gasteiger partial charge in [-0.05, 0) is 38.5 Å². The summed E-state index contributed by atoms with van der Waals surface area (Å²) >= 11 is 1.53. The average molecular weight is 271 g/mol. The summed E-state index contributed by atoms with van der Waals surface area (Å²) in [5.74, 6) is 0.388. The van der Waals surface area contributed by atoms with Gasteiger partial charge in [0, 0.05) is 10.4 Å². The third kappa shape index (κ3) is 1.98. The maximum atomic E-state index is 12.1. The van der Waals surface area contributed by atoms with Crippen molar-refractivity contribution in [2.75, 3.05) is 0 Å². The standard InChI is InChI=1S/C15H13NO2S/c1-8-4-6-11(7-5-8)13-16-14-12(15(17)18-13)9(2)10(3)19-14/h4-7H,1-3H3. The Balaban J connectivity index is 2.27. The van der Waals surface area contributed by atoms with Crippen molar-refractivity contribution in [2.24, 2.45) is 0 Å². The first-order valence-electron chi connectivity index (χ1n) is 6.04. The summed E-state index contributed by atoms with van der Waals surface area (Å²) in [6.45, 7) is 5.94. The number of rotatable bonds is 1. The Bertz CT molecular complexity index is 813. The molecule has 0 aliphatic carbocycles. The molecule has 0 saturated carbocycles. The Morgan fingerprint density at radius 3 is 2.47 bits per heavy atom. The molecule has 2 heterocycles. The summed E-state index contributed by atoms with van der Waals surface area (Å²) in [6, 6.07) is 7.79. The molecule has 0 spiro atoms. The number of fused-ring (bicyclic) bond motifs is 1. The third-order valence-corrected chi connectivity index (χ3v) is 4.36. The van der Waals surface area contributed by atoms with Crippen LogP contribution in [-0.2, 0) is 0 Å². The zero-order valence-electron chi connectivity index (χ0n) is 11.0. The molecular weight excluding hydrogens is 258 g/mol. The first-order valence-corrected chi connectivity index (χ1v) is 6.86. The Hall–Kier alpha value is -1.94. The van der Waals surface area contributed by atoms with E-state index in [0.29, 0.717) is 11.3 Å². The molecule has 0 amide bonds. The lowest BCUT2D eigenvalue weighted by atomic mass is 10.1. The second-order valence-corrected chi connectivity index (χ2v) is 5.84. The minimum absolute atomic E-state index is 0.303. The van der Waals surface area contributed by atoms with E-state index in [9.17, 15) is 4.79 Å². The molecule has 1 aromatic carbocycles. The van der Waals surface area contributed by atoms with E-state index in [0.717, 1.165) is 26.4 Å². The molecule has 0 aliphatic rings. The lowest BCUT2D eigenvalue weighted by Crippen LogP contribution is -2.02. The molecule has 19 heavy (non-hydrogen) atoms. The van der Waals surface area contributed by atoms with Crippen molar-refractivity contribution in [2.45, 2.75) is 20.8 Å². The summed E-state index contributed by atoms with van der Waals surface area (Å²) < 4.78 is 5.35. The molecule has 3 rings (SSSR count). The van der Waals surface area contributed by atoms with Crippen LogP contribution < -0.4 is 5.63 Å². The fraction of sp³-hybridized carbons (Fsp3) is 0.200. The van der Waals surface area contributed by atoms with Crippen LogP contribution in [0, 0.1) is 20.8 Å². The van der Waals surface area contributed by atoms with E-state index in [1.54, 1.807) is 0 Å². The van der Waals surface area contributed by atoms with Crippen LogP contribution in [0.1, 0.15) is 16.0 Å². The van der Waals surface area contributed by atoms with Crippen LogP contribution in [0.4, 0.5) is 0 Å². The first-order chi connectivity index (χ1) is 9.06. The summed E-state index contributed by atoms with van der Waals surface area (Å²) in [4.78, 5) is 18.4. The predicted octanol–water partition coefficient (Wildman–Crippen LogP) is 3.84. The Labute approximate surface area is 114 Å². The van der Waals surface area contributed by atoms with E-state index < -0.39 is 0 Å². The fourth-order valence-corrected chi connectivity index (χ4v) is 3.01. The van der Waals surface area contributed by atoms with E-state index in [1.807, 2.05) is 45.0 Å². The largest absolute Gasteiger partial charge is 0.403 e. The van der Waals surface area contributed by atoms with E-state index in [1.165, 1.54) is 11.3 Å². The lowest BCUT2D eigenvalue weighted by molar-refractivity contribution is 0.518. The van der Waals surface area contributed by atoms with Gasteiger partial charge in [0.1, 0.15) is 10.2 Å². The van der Waals surface area contributed by atoms with Gasteiger partial charge in [-0.2, -0.15) is 0 Å². The van der Waals surface area contributed by atoms with Gasteiger partial charge in [-0.1, -0.05) is 17.7 Å². The van der Waals surface area contributed by atoms with Gasteiger partial charge >= 0.3 is 5.63 Å². The van der Waals surface area contributed by atoms with Crippen molar-refractivity contribution >= 4 is 21.6 Å². The number of thiophene rings is 1. The van der Waals surface area contributed by atoms with Crippen LogP contribution in [0.5, 0.6) is 0 Å². The number of benzene rings is 1. The van der Waals surface area contributed by atoms with Gasteiger partial charge in [0.15, 0.2) is 0 Å². The Morgan fingerprint density at radius 2 is 1.79 bits per heavy atom. The molecule has 0 aliphatic heterocycles. The summed E-state index contributed by atoms with van der Waals surface area (Å²) in [5, 5.41) is 0.610. The molecule has 3 aromatic rings. The van der Waals surface area contributed by atoms with Crippen molar-refractivity contribution in [1.82, 2.24) is 4.98 Å². The van der Waals surface area contributed by atoms with Crippen LogP contribution in [0.25, 0.3) is 21.7 Å². The molecule has 4 heteroatoms. The van der Waals surface area contributed by atoms with Crippen LogP contribution in [0.15, 0.2) is 33.5 Å². The summed E-state index contributed by atoms with van der Waals surface area (Å²) in [6.07, 6.45) is 0. The Morgan fingerprint density at radius 1 is 1.11 bits per heavy atom. The highest BCUT2D eigenvalue weighted by Crippen LogP contribution is 2.28. The minimum atomic E-state index is -0.303. The van der Waals surface area contributed by atoms with Gasteiger partial charge < -0.3 is 4.42 Å². The van der Waals surface area contributed by atoms with Crippen molar-refractivity contribution in [3.63, 3.8) is 0 Å². The highest BCUT2D eigenvalue weighted by Gasteiger charge is 2.14. The zero-order chi connectivity index (χ0) is 13.6. The van der Waals surface area contributed by atoms with Crippen LogP contribution in [0.3, 0.4) is 0 Å². The predicted molar refractivity (Wildman–Crippen MR) is 77.8 cm³/mol. The summed E-state index contributed by atoms with van der Waals surface area (Å²) in [7, 11) is 0. The second kappa shape index (κ2) is 4.31. The fourth-order valence-electron chi connectivity index (χ4n) is 2.00. The highest BCUT2D eigenvalue weighted by atomic mass is 32.1. The molecule has 3 nitrogen and oxygen atoms in total. The molecular formula is C15H13NO2S. The van der Waals surface area contributed by atoms with Crippen LogP contribution >= 0.6 is 11.3 Å². The maximum absolute atomic E-state index is 12.1. The van der Waals surface area contributed by atoms with Crippen LogP contribution in [-0.4, -0.2) is 4.98 Å². The molecule has 0 N–H and O–H groups in total. The quantitative estimate of drug-likeness (QED) is 0.675. The lowest BCUT2D eigenvalue weighted by Gasteiger charge is -2.00. The van der Waals surface area contributed by atoms with Crippen molar-refractivity contribution in [1.29, 1.82) is 0 Å². The minimum Gasteiger partial charge on any atom is -0.403 e. The van der Waals surface area contributed by atoms with Crippen molar-refractivity contribution < 1.29 is 4.42 Å². The average Bonchev–Trinajstić information content (AvgIpc) is 2.66. The van der Waals surface area contributed by atoms with Gasteiger partial charge in [0.25, 0.3) is 0 Å². The maximum Gasteiger partial charge on any atom is 0.348 e. The third-order valence-electron chi connectivity index (χ3n) is 3.26. The molecule has 96 valence electrons. The van der Waals surface area contributed by atoms with Gasteiger partial charge in [0.05, 0.1) is 0 Å². The molecule has 0 radical (unpaired) electrons.